The van der Waals surface area contributed by atoms with Crippen LogP contribution >= 0.6 is 11.8 Å². The van der Waals surface area contributed by atoms with Gasteiger partial charge in [0.15, 0.2) is 0 Å². The van der Waals surface area contributed by atoms with E-state index in [4.69, 9.17) is 0 Å². The van der Waals surface area contributed by atoms with Crippen LogP contribution < -0.4 is 0 Å². The molecule has 2 aromatic carbocycles. The van der Waals surface area contributed by atoms with Crippen LogP contribution in [0.3, 0.4) is 0 Å². The summed E-state index contributed by atoms with van der Waals surface area (Å²) >= 11 is 1.99. The number of benzene rings is 2. The molecular weight excluding hydrogens is 302 g/mol. The van der Waals surface area contributed by atoms with Crippen molar-refractivity contribution in [2.75, 3.05) is 7.05 Å². The number of rotatable bonds is 3. The zero-order chi connectivity index (χ0) is 15.8. The van der Waals surface area contributed by atoms with Crippen LogP contribution in [0.25, 0.3) is 11.1 Å². The van der Waals surface area contributed by atoms with Gasteiger partial charge in [-0.25, -0.2) is 0 Å². The molecule has 0 aliphatic carbocycles. The summed E-state index contributed by atoms with van der Waals surface area (Å²) in [5, 5.41) is 10.9. The Kier molecular flexibility index (Phi) is 4.08. The predicted octanol–water partition coefficient (Wildman–Crippen LogP) is 4.78. The van der Waals surface area contributed by atoms with Crippen LogP contribution in [0, 0.1) is 0 Å². The fourth-order valence-electron chi connectivity index (χ4n) is 4.09. The van der Waals surface area contributed by atoms with Gasteiger partial charge in [-0.1, -0.05) is 30.3 Å². The minimum Gasteiger partial charge on any atom is -0.507 e. The van der Waals surface area contributed by atoms with Crippen LogP contribution in [0.4, 0.5) is 0 Å². The van der Waals surface area contributed by atoms with Gasteiger partial charge in [0, 0.05) is 27.8 Å². The van der Waals surface area contributed by atoms with Crippen molar-refractivity contribution in [2.45, 2.75) is 47.9 Å². The Morgan fingerprint density at radius 3 is 2.39 bits per heavy atom. The molecular formula is C20H23NOS. The van der Waals surface area contributed by atoms with Crippen LogP contribution in [0.2, 0.25) is 0 Å². The summed E-state index contributed by atoms with van der Waals surface area (Å²) in [7, 11) is 2.29. The third-order valence-electron chi connectivity index (χ3n) is 5.41. The lowest BCUT2D eigenvalue weighted by atomic mass is 10.0. The van der Waals surface area contributed by atoms with Crippen LogP contribution in [0.1, 0.15) is 25.7 Å². The van der Waals surface area contributed by atoms with Gasteiger partial charge in [0.1, 0.15) is 5.75 Å². The molecule has 0 amide bonds. The van der Waals surface area contributed by atoms with Crippen molar-refractivity contribution >= 4 is 11.8 Å². The highest BCUT2D eigenvalue weighted by molar-refractivity contribution is 8.00. The van der Waals surface area contributed by atoms with E-state index in [0.717, 1.165) is 23.2 Å². The Hall–Kier alpha value is -1.45. The van der Waals surface area contributed by atoms with Crippen molar-refractivity contribution in [3.8, 4) is 16.9 Å². The fourth-order valence-corrected chi connectivity index (χ4v) is 5.44. The molecule has 0 radical (unpaired) electrons. The molecule has 0 unspecified atom stereocenters. The highest BCUT2D eigenvalue weighted by Crippen LogP contribution is 2.42. The minimum atomic E-state index is 0.365. The SMILES string of the molecule is CN1[C@@H]2CC[C@H]1C[C@H](Sc1ccc(O)c(-c3ccccc3)c1)C2. The number of aromatic hydroxyl groups is 1. The first kappa shape index (κ1) is 15.1. The summed E-state index contributed by atoms with van der Waals surface area (Å²) in [6, 6.07) is 17.8. The molecule has 2 aliphatic heterocycles. The van der Waals surface area contributed by atoms with E-state index in [-0.39, 0.29) is 0 Å². The van der Waals surface area contributed by atoms with E-state index in [2.05, 4.69) is 36.2 Å². The molecule has 2 nitrogen and oxygen atoms in total. The number of phenols is 1. The number of hydrogen-bond acceptors (Lipinski definition) is 3. The maximum Gasteiger partial charge on any atom is 0.123 e. The van der Waals surface area contributed by atoms with Gasteiger partial charge in [-0.2, -0.15) is 0 Å². The smallest absolute Gasteiger partial charge is 0.123 e. The Balaban J connectivity index is 1.54. The molecule has 0 saturated carbocycles. The van der Waals surface area contributed by atoms with Crippen LogP contribution in [-0.4, -0.2) is 34.4 Å². The standard InChI is InChI=1S/C20H23NOS/c1-21-15-7-8-16(21)12-18(11-15)23-17-9-10-20(22)19(13-17)14-5-3-2-4-6-14/h2-6,9-10,13,15-16,18,22H,7-8,11-12H2,1H3/t15-,16+,18-. The summed E-state index contributed by atoms with van der Waals surface area (Å²) < 4.78 is 0. The lowest BCUT2D eigenvalue weighted by Gasteiger charge is -2.36. The average Bonchev–Trinajstić information content (AvgIpc) is 2.79. The largest absolute Gasteiger partial charge is 0.507 e. The normalized spacial score (nSPS) is 27.3. The molecule has 2 aromatic rings. The quantitative estimate of drug-likeness (QED) is 0.879. The van der Waals surface area contributed by atoms with Crippen molar-refractivity contribution in [3.05, 3.63) is 48.5 Å². The first-order valence-corrected chi connectivity index (χ1v) is 9.35. The first-order valence-electron chi connectivity index (χ1n) is 8.48. The van der Waals surface area contributed by atoms with E-state index in [1.807, 2.05) is 36.0 Å². The Labute approximate surface area is 142 Å². The molecule has 2 aliphatic rings. The summed E-state index contributed by atoms with van der Waals surface area (Å²) in [5.41, 5.74) is 2.02. The van der Waals surface area contributed by atoms with E-state index in [0.29, 0.717) is 11.0 Å². The molecule has 23 heavy (non-hydrogen) atoms. The Morgan fingerprint density at radius 1 is 1.00 bits per heavy atom. The van der Waals surface area contributed by atoms with Crippen LogP contribution in [0.15, 0.2) is 53.4 Å². The van der Waals surface area contributed by atoms with Crippen molar-refractivity contribution in [1.29, 1.82) is 0 Å². The molecule has 3 atom stereocenters. The van der Waals surface area contributed by atoms with E-state index in [1.165, 1.54) is 30.6 Å². The summed E-state index contributed by atoms with van der Waals surface area (Å²) in [5.74, 6) is 0.365. The van der Waals surface area contributed by atoms with E-state index >= 15 is 0 Å². The number of nitrogens with zero attached hydrogens (tertiary/aromatic N) is 1. The van der Waals surface area contributed by atoms with Gasteiger partial charge >= 0.3 is 0 Å². The van der Waals surface area contributed by atoms with Gasteiger partial charge < -0.3 is 10.0 Å². The van der Waals surface area contributed by atoms with Crippen molar-refractivity contribution in [1.82, 2.24) is 4.90 Å². The number of thioether (sulfide) groups is 1. The maximum atomic E-state index is 10.2. The van der Waals surface area contributed by atoms with Gasteiger partial charge in [-0.15, -0.1) is 11.8 Å². The highest BCUT2D eigenvalue weighted by Gasteiger charge is 2.38. The number of piperidine rings is 1. The molecule has 3 heteroatoms. The predicted molar refractivity (Wildman–Crippen MR) is 97.0 cm³/mol. The third kappa shape index (κ3) is 3.00. The summed E-state index contributed by atoms with van der Waals surface area (Å²) in [4.78, 5) is 3.86. The maximum absolute atomic E-state index is 10.2. The van der Waals surface area contributed by atoms with Gasteiger partial charge in [-0.3, -0.25) is 0 Å². The van der Waals surface area contributed by atoms with E-state index < -0.39 is 0 Å². The van der Waals surface area contributed by atoms with E-state index in [1.54, 1.807) is 0 Å². The average molecular weight is 325 g/mol. The second-order valence-corrected chi connectivity index (χ2v) is 8.18. The fraction of sp³-hybridized carbons (Fsp3) is 0.400. The minimum absolute atomic E-state index is 0.365. The van der Waals surface area contributed by atoms with Gasteiger partial charge in [0.25, 0.3) is 0 Å². The molecule has 2 saturated heterocycles. The van der Waals surface area contributed by atoms with Gasteiger partial charge in [0.2, 0.25) is 0 Å². The van der Waals surface area contributed by atoms with Gasteiger partial charge in [-0.05, 0) is 56.5 Å². The monoisotopic (exact) mass is 325 g/mol. The van der Waals surface area contributed by atoms with Crippen molar-refractivity contribution < 1.29 is 5.11 Å². The van der Waals surface area contributed by atoms with Crippen LogP contribution in [-0.2, 0) is 0 Å². The number of hydrogen-bond donors (Lipinski definition) is 1. The lowest BCUT2D eigenvalue weighted by Crippen LogP contribution is -2.40. The second kappa shape index (κ2) is 6.21. The zero-order valence-corrected chi connectivity index (χ0v) is 14.3. The summed E-state index contributed by atoms with van der Waals surface area (Å²) in [6.07, 6.45) is 5.31. The molecule has 2 bridgehead atoms. The first-order chi connectivity index (χ1) is 11.2. The molecule has 120 valence electrons. The third-order valence-corrected chi connectivity index (χ3v) is 6.65. The van der Waals surface area contributed by atoms with Crippen LogP contribution in [0.5, 0.6) is 5.75 Å². The Morgan fingerprint density at radius 2 is 1.70 bits per heavy atom. The lowest BCUT2D eigenvalue weighted by molar-refractivity contribution is 0.183. The molecule has 0 spiro atoms. The second-order valence-electron chi connectivity index (χ2n) is 6.81. The molecule has 2 heterocycles. The number of fused-ring (bicyclic) bond motifs is 2. The topological polar surface area (TPSA) is 23.5 Å². The Bertz CT molecular complexity index is 673. The summed E-state index contributed by atoms with van der Waals surface area (Å²) in [6.45, 7) is 0. The molecule has 0 aromatic heterocycles. The highest BCUT2D eigenvalue weighted by atomic mass is 32.2. The molecule has 4 rings (SSSR count). The number of phenolic OH excluding ortho intramolecular Hbond substituents is 1. The van der Waals surface area contributed by atoms with Crippen molar-refractivity contribution in [2.24, 2.45) is 0 Å². The molecule has 1 N–H and O–H groups in total. The molecule has 2 fully saturated rings. The van der Waals surface area contributed by atoms with Crippen molar-refractivity contribution in [3.63, 3.8) is 0 Å². The van der Waals surface area contributed by atoms with Gasteiger partial charge in [0.05, 0.1) is 0 Å². The van der Waals surface area contributed by atoms with E-state index in [9.17, 15) is 5.11 Å². The zero-order valence-electron chi connectivity index (χ0n) is 13.5.